The Kier molecular flexibility index (Phi) is 17.1. The first-order chi connectivity index (χ1) is 28.6. The standard InChI is InChI=1S/C58H70/c1-5-9-17-45-23-31-49(32-24-45)53-39-41-57(51-35-27-47(28-36-51)19-11-7-3)55(43-53)21-15-13-14-16-22-56-44-54(50-33-25-46(26-34-50)18-10-6-2)40-42-58(56)52-37-29-48(30-38-52)20-12-8-4/h23-44H,5-22H2,1-4H3. The molecular weight excluding hydrogens is 697 g/mol. The molecule has 6 aromatic rings. The van der Waals surface area contributed by atoms with Crippen LogP contribution in [0.1, 0.15) is 138 Å². The normalized spacial score (nSPS) is 11.3. The molecule has 0 aliphatic heterocycles. The van der Waals surface area contributed by atoms with E-state index in [9.17, 15) is 0 Å². The molecule has 6 rings (SSSR count). The van der Waals surface area contributed by atoms with E-state index < -0.39 is 0 Å². The Labute approximate surface area is 353 Å². The second-order valence-electron chi connectivity index (χ2n) is 16.9. The molecule has 0 aromatic heterocycles. The number of aryl methyl sites for hydroxylation is 6. The molecule has 58 heavy (non-hydrogen) atoms. The monoisotopic (exact) mass is 767 g/mol. The third-order valence-corrected chi connectivity index (χ3v) is 12.2. The van der Waals surface area contributed by atoms with E-state index in [-0.39, 0.29) is 0 Å². The van der Waals surface area contributed by atoms with Crippen molar-refractivity contribution in [2.75, 3.05) is 0 Å². The van der Waals surface area contributed by atoms with Crippen molar-refractivity contribution in [1.82, 2.24) is 0 Å². The van der Waals surface area contributed by atoms with Crippen LogP contribution < -0.4 is 0 Å². The number of rotatable bonds is 23. The van der Waals surface area contributed by atoms with E-state index >= 15 is 0 Å². The fourth-order valence-corrected chi connectivity index (χ4v) is 8.46. The lowest BCUT2D eigenvalue weighted by Gasteiger charge is -2.15. The van der Waals surface area contributed by atoms with Crippen molar-refractivity contribution in [1.29, 1.82) is 0 Å². The molecule has 0 fully saturated rings. The highest BCUT2D eigenvalue weighted by atomic mass is 14.2. The first kappa shape index (κ1) is 42.9. The summed E-state index contributed by atoms with van der Waals surface area (Å²) in [6.45, 7) is 9.10. The quantitative estimate of drug-likeness (QED) is 0.0570. The van der Waals surface area contributed by atoms with Gasteiger partial charge in [-0.2, -0.15) is 0 Å². The van der Waals surface area contributed by atoms with Crippen LogP contribution >= 0.6 is 0 Å². The minimum atomic E-state index is 1.11. The Balaban J connectivity index is 1.15. The lowest BCUT2D eigenvalue weighted by molar-refractivity contribution is 0.641. The topological polar surface area (TPSA) is 0 Å². The highest BCUT2D eigenvalue weighted by Crippen LogP contribution is 2.33. The molecule has 0 bridgehead atoms. The molecule has 0 saturated carbocycles. The fourth-order valence-electron chi connectivity index (χ4n) is 8.46. The summed E-state index contributed by atoms with van der Waals surface area (Å²) in [6, 6.07) is 52.0. The van der Waals surface area contributed by atoms with Gasteiger partial charge in [0.2, 0.25) is 0 Å². The van der Waals surface area contributed by atoms with Crippen LogP contribution in [-0.4, -0.2) is 0 Å². The van der Waals surface area contributed by atoms with Gasteiger partial charge in [-0.1, -0.05) is 200 Å². The molecule has 0 radical (unpaired) electrons. The minimum absolute atomic E-state index is 1.11. The number of benzene rings is 6. The molecule has 0 spiro atoms. The van der Waals surface area contributed by atoms with Gasteiger partial charge in [0, 0.05) is 0 Å². The highest BCUT2D eigenvalue weighted by molar-refractivity contribution is 5.75. The Morgan fingerprint density at radius 3 is 0.810 bits per heavy atom. The Hall–Kier alpha value is -4.68. The fraction of sp³-hybridized carbons (Fsp3) is 0.379. The van der Waals surface area contributed by atoms with Crippen LogP contribution in [0.5, 0.6) is 0 Å². The Bertz CT molecular complexity index is 1920. The maximum absolute atomic E-state index is 2.49. The number of hydrogen-bond acceptors (Lipinski definition) is 0. The molecule has 0 nitrogen and oxygen atoms in total. The van der Waals surface area contributed by atoms with Crippen LogP contribution in [0.15, 0.2) is 133 Å². The van der Waals surface area contributed by atoms with Crippen LogP contribution in [0.3, 0.4) is 0 Å². The van der Waals surface area contributed by atoms with Crippen molar-refractivity contribution in [2.45, 2.75) is 143 Å². The summed E-state index contributed by atoms with van der Waals surface area (Å²) in [4.78, 5) is 0. The van der Waals surface area contributed by atoms with E-state index in [4.69, 9.17) is 0 Å². The molecule has 0 unspecified atom stereocenters. The molecule has 302 valence electrons. The summed E-state index contributed by atoms with van der Waals surface area (Å²) in [7, 11) is 0. The summed E-state index contributed by atoms with van der Waals surface area (Å²) in [6.07, 6.45) is 21.7. The predicted molar refractivity (Wildman–Crippen MR) is 255 cm³/mol. The molecule has 0 N–H and O–H groups in total. The molecule has 0 heterocycles. The molecule has 0 saturated heterocycles. The Morgan fingerprint density at radius 2 is 0.517 bits per heavy atom. The van der Waals surface area contributed by atoms with Crippen LogP contribution in [0.2, 0.25) is 0 Å². The summed E-state index contributed by atoms with van der Waals surface area (Å²) in [5.41, 5.74) is 19.5. The van der Waals surface area contributed by atoms with E-state index in [1.54, 1.807) is 0 Å². The van der Waals surface area contributed by atoms with Gasteiger partial charge >= 0.3 is 0 Å². The first-order valence-electron chi connectivity index (χ1n) is 23.2. The van der Waals surface area contributed by atoms with E-state index in [0.29, 0.717) is 0 Å². The third-order valence-electron chi connectivity index (χ3n) is 12.2. The van der Waals surface area contributed by atoms with Crippen LogP contribution in [0, 0.1) is 0 Å². The average Bonchev–Trinajstić information content (AvgIpc) is 3.28. The highest BCUT2D eigenvalue weighted by Gasteiger charge is 2.12. The van der Waals surface area contributed by atoms with Crippen molar-refractivity contribution in [2.24, 2.45) is 0 Å². The van der Waals surface area contributed by atoms with E-state index in [0.717, 1.165) is 12.8 Å². The second-order valence-corrected chi connectivity index (χ2v) is 16.9. The van der Waals surface area contributed by atoms with Gasteiger partial charge in [-0.05, 0) is 155 Å². The smallest absolute Gasteiger partial charge is 0.0151 e. The minimum Gasteiger partial charge on any atom is -0.0654 e. The summed E-state index contributed by atoms with van der Waals surface area (Å²) in [5.74, 6) is 0. The van der Waals surface area contributed by atoms with E-state index in [2.05, 4.69) is 161 Å². The third kappa shape index (κ3) is 12.4. The summed E-state index contributed by atoms with van der Waals surface area (Å²) >= 11 is 0. The van der Waals surface area contributed by atoms with Crippen LogP contribution in [0.25, 0.3) is 44.5 Å². The van der Waals surface area contributed by atoms with E-state index in [1.807, 2.05) is 0 Å². The zero-order valence-corrected chi connectivity index (χ0v) is 36.4. The van der Waals surface area contributed by atoms with Gasteiger partial charge in [-0.15, -0.1) is 0 Å². The second kappa shape index (κ2) is 23.0. The van der Waals surface area contributed by atoms with Gasteiger partial charge in [0.15, 0.2) is 0 Å². The average molecular weight is 767 g/mol. The molecule has 6 aromatic carbocycles. The maximum Gasteiger partial charge on any atom is -0.0151 e. The van der Waals surface area contributed by atoms with Crippen molar-refractivity contribution in [3.63, 3.8) is 0 Å². The zero-order valence-electron chi connectivity index (χ0n) is 36.4. The summed E-state index contributed by atoms with van der Waals surface area (Å²) < 4.78 is 0. The number of unbranched alkanes of at least 4 members (excludes halogenated alkanes) is 7. The Morgan fingerprint density at radius 1 is 0.241 bits per heavy atom. The maximum atomic E-state index is 2.49. The van der Waals surface area contributed by atoms with Gasteiger partial charge in [0.05, 0.1) is 0 Å². The molecule has 0 atom stereocenters. The molecule has 0 aliphatic rings. The lowest BCUT2D eigenvalue weighted by Crippen LogP contribution is -1.95. The lowest BCUT2D eigenvalue weighted by atomic mass is 9.90. The predicted octanol–water partition coefficient (Wildman–Crippen LogP) is 17.1. The van der Waals surface area contributed by atoms with Crippen LogP contribution in [-0.2, 0) is 38.5 Å². The van der Waals surface area contributed by atoms with Crippen molar-refractivity contribution < 1.29 is 0 Å². The van der Waals surface area contributed by atoms with Crippen molar-refractivity contribution in [3.05, 3.63) is 167 Å². The van der Waals surface area contributed by atoms with Gasteiger partial charge < -0.3 is 0 Å². The van der Waals surface area contributed by atoms with E-state index in [1.165, 1.54) is 181 Å². The molecule has 0 heteroatoms. The summed E-state index contributed by atoms with van der Waals surface area (Å²) in [5, 5.41) is 0. The van der Waals surface area contributed by atoms with Gasteiger partial charge in [-0.3, -0.25) is 0 Å². The zero-order chi connectivity index (χ0) is 40.4. The van der Waals surface area contributed by atoms with Crippen molar-refractivity contribution >= 4 is 0 Å². The molecular formula is C58H70. The largest absolute Gasteiger partial charge is 0.0654 e. The molecule has 0 aliphatic carbocycles. The van der Waals surface area contributed by atoms with Gasteiger partial charge in [0.1, 0.15) is 0 Å². The number of hydrogen-bond donors (Lipinski definition) is 0. The first-order valence-corrected chi connectivity index (χ1v) is 23.2. The van der Waals surface area contributed by atoms with Gasteiger partial charge in [0.25, 0.3) is 0 Å². The van der Waals surface area contributed by atoms with Gasteiger partial charge in [-0.25, -0.2) is 0 Å². The van der Waals surface area contributed by atoms with Crippen molar-refractivity contribution in [3.8, 4) is 44.5 Å². The SMILES string of the molecule is CCCCc1ccc(-c2ccc(-c3ccc(CCCC)cc3)c(CCCCCCc3cc(-c4ccc(CCCC)cc4)ccc3-c3ccc(CCCC)cc3)c2)cc1. The van der Waals surface area contributed by atoms with Crippen LogP contribution in [0.4, 0.5) is 0 Å². The molecule has 0 amide bonds.